The molecule has 3 aromatic rings. The van der Waals surface area contributed by atoms with Gasteiger partial charge in [0.05, 0.1) is 29.4 Å². The summed E-state index contributed by atoms with van der Waals surface area (Å²) in [6.07, 6.45) is 6.71. The zero-order valence-corrected chi connectivity index (χ0v) is 16.0. The predicted molar refractivity (Wildman–Crippen MR) is 112 cm³/mol. The number of rotatable bonds is 8. The topological polar surface area (TPSA) is 123 Å². The molecule has 0 aliphatic carbocycles. The molecule has 0 aliphatic rings. The second-order valence-corrected chi connectivity index (χ2v) is 6.41. The van der Waals surface area contributed by atoms with Gasteiger partial charge in [-0.25, -0.2) is 0 Å². The number of allylic oxidation sites excluding steroid dienone is 2. The van der Waals surface area contributed by atoms with Gasteiger partial charge in [0.2, 0.25) is 0 Å². The average Bonchev–Trinajstić information content (AvgIpc) is 3.14. The Labute approximate surface area is 171 Å². The van der Waals surface area contributed by atoms with Crippen molar-refractivity contribution in [3.8, 4) is 11.5 Å². The van der Waals surface area contributed by atoms with Crippen molar-refractivity contribution >= 4 is 40.3 Å². The lowest BCUT2D eigenvalue weighted by molar-refractivity contribution is -0.383. The van der Waals surface area contributed by atoms with Crippen molar-refractivity contribution in [3.05, 3.63) is 76.0 Å². The number of ketones is 2. The standard InChI is InChI=1S/C22H18N2O6/c1-30-21-11-14(6-10-20(21)27)5-8-16(25)12-17(26)9-7-15-13-23-18-3-2-4-19(22(15)18)24(28)29/h2-11,13,23,27H,12H2,1H3/b8-5+,9-7+. The van der Waals surface area contributed by atoms with E-state index in [1.54, 1.807) is 30.5 Å². The largest absolute Gasteiger partial charge is 0.504 e. The van der Waals surface area contributed by atoms with Crippen molar-refractivity contribution < 1.29 is 24.4 Å². The van der Waals surface area contributed by atoms with Crippen molar-refractivity contribution in [2.24, 2.45) is 0 Å². The van der Waals surface area contributed by atoms with Gasteiger partial charge in [0, 0.05) is 17.8 Å². The lowest BCUT2D eigenvalue weighted by atomic mass is 10.1. The van der Waals surface area contributed by atoms with E-state index in [1.165, 1.54) is 43.5 Å². The van der Waals surface area contributed by atoms with E-state index < -0.39 is 16.5 Å². The number of carbonyl (C=O) groups is 2. The Morgan fingerprint density at radius 2 is 1.90 bits per heavy atom. The van der Waals surface area contributed by atoms with E-state index in [9.17, 15) is 24.8 Å². The molecule has 1 aromatic heterocycles. The molecule has 0 bridgehead atoms. The summed E-state index contributed by atoms with van der Waals surface area (Å²) < 4.78 is 5.00. The third-order valence-electron chi connectivity index (χ3n) is 4.37. The number of phenols is 1. The molecule has 0 saturated heterocycles. The maximum absolute atomic E-state index is 12.1. The van der Waals surface area contributed by atoms with Gasteiger partial charge in [0.25, 0.3) is 5.69 Å². The highest BCUT2D eigenvalue weighted by atomic mass is 16.6. The van der Waals surface area contributed by atoms with Crippen molar-refractivity contribution in [2.75, 3.05) is 7.11 Å². The van der Waals surface area contributed by atoms with Gasteiger partial charge < -0.3 is 14.8 Å². The minimum atomic E-state index is -0.484. The van der Waals surface area contributed by atoms with Crippen molar-refractivity contribution in [1.82, 2.24) is 4.98 Å². The molecule has 1 heterocycles. The van der Waals surface area contributed by atoms with Crippen molar-refractivity contribution in [1.29, 1.82) is 0 Å². The van der Waals surface area contributed by atoms with E-state index in [2.05, 4.69) is 4.98 Å². The van der Waals surface area contributed by atoms with Gasteiger partial charge >= 0.3 is 0 Å². The van der Waals surface area contributed by atoms with Crippen LogP contribution in [0.1, 0.15) is 17.5 Å². The Balaban J connectivity index is 1.68. The smallest absolute Gasteiger partial charge is 0.279 e. The number of fused-ring (bicyclic) bond motifs is 1. The van der Waals surface area contributed by atoms with Gasteiger partial charge in [-0.15, -0.1) is 0 Å². The van der Waals surface area contributed by atoms with E-state index in [1.807, 2.05) is 0 Å². The van der Waals surface area contributed by atoms with Crippen LogP contribution in [0.4, 0.5) is 5.69 Å². The third-order valence-corrected chi connectivity index (χ3v) is 4.37. The molecule has 8 nitrogen and oxygen atoms in total. The minimum Gasteiger partial charge on any atom is -0.504 e. The Kier molecular flexibility index (Phi) is 6.07. The van der Waals surface area contributed by atoms with Gasteiger partial charge in [-0.05, 0) is 42.0 Å². The molecule has 8 heteroatoms. The number of phenolic OH excluding ortho intramolecular Hbond substituents is 1. The number of hydrogen-bond acceptors (Lipinski definition) is 6. The van der Waals surface area contributed by atoms with E-state index >= 15 is 0 Å². The summed E-state index contributed by atoms with van der Waals surface area (Å²) in [7, 11) is 1.42. The van der Waals surface area contributed by atoms with E-state index in [0.717, 1.165) is 0 Å². The first-order chi connectivity index (χ1) is 14.4. The van der Waals surface area contributed by atoms with Crippen molar-refractivity contribution in [3.63, 3.8) is 0 Å². The van der Waals surface area contributed by atoms with Crippen LogP contribution in [0.15, 0.2) is 54.7 Å². The summed E-state index contributed by atoms with van der Waals surface area (Å²) in [5.41, 5.74) is 1.64. The monoisotopic (exact) mass is 406 g/mol. The quantitative estimate of drug-likeness (QED) is 0.252. The zero-order valence-electron chi connectivity index (χ0n) is 16.0. The molecule has 152 valence electrons. The van der Waals surface area contributed by atoms with Crippen LogP contribution in [-0.4, -0.2) is 33.7 Å². The Bertz CT molecular complexity index is 1190. The number of ether oxygens (including phenoxy) is 1. The number of aromatic nitrogens is 1. The van der Waals surface area contributed by atoms with Crippen LogP contribution >= 0.6 is 0 Å². The molecule has 0 spiro atoms. The average molecular weight is 406 g/mol. The molecule has 0 fully saturated rings. The van der Waals surface area contributed by atoms with Gasteiger partial charge in [0.1, 0.15) is 0 Å². The molecule has 3 rings (SSSR count). The number of hydrogen-bond donors (Lipinski definition) is 2. The number of nitro groups is 1. The zero-order chi connectivity index (χ0) is 21.7. The molecule has 0 unspecified atom stereocenters. The van der Waals surface area contributed by atoms with Gasteiger partial charge in [0.15, 0.2) is 23.1 Å². The fourth-order valence-electron chi connectivity index (χ4n) is 2.93. The highest BCUT2D eigenvalue weighted by Gasteiger charge is 2.15. The van der Waals surface area contributed by atoms with Crippen LogP contribution < -0.4 is 4.74 Å². The number of aromatic hydroxyl groups is 1. The van der Waals surface area contributed by atoms with Gasteiger partial charge in [-0.2, -0.15) is 0 Å². The molecule has 30 heavy (non-hydrogen) atoms. The van der Waals surface area contributed by atoms with E-state index in [-0.39, 0.29) is 23.6 Å². The number of carbonyl (C=O) groups excluding carboxylic acids is 2. The predicted octanol–water partition coefficient (Wildman–Crippen LogP) is 4.05. The summed E-state index contributed by atoms with van der Waals surface area (Å²) in [6.45, 7) is 0. The first-order valence-corrected chi connectivity index (χ1v) is 8.92. The Hall–Kier alpha value is -4.20. The SMILES string of the molecule is COc1cc(/C=C/C(=O)CC(=O)/C=C/c2c[nH]c3cccc([N+](=O)[O-])c23)ccc1O. The number of nitrogens with one attached hydrogen (secondary N) is 1. The van der Waals surface area contributed by atoms with Crippen LogP contribution in [0.2, 0.25) is 0 Å². The second kappa shape index (κ2) is 8.87. The first kappa shape index (κ1) is 20.5. The Morgan fingerprint density at radius 3 is 2.60 bits per heavy atom. The maximum Gasteiger partial charge on any atom is 0.279 e. The molecule has 0 atom stereocenters. The maximum atomic E-state index is 12.1. The first-order valence-electron chi connectivity index (χ1n) is 8.92. The van der Waals surface area contributed by atoms with Crippen LogP contribution in [0.25, 0.3) is 23.1 Å². The molecular formula is C22H18N2O6. The molecule has 2 aromatic carbocycles. The van der Waals surface area contributed by atoms with E-state index in [0.29, 0.717) is 22.0 Å². The number of methoxy groups -OCH3 is 1. The number of non-ortho nitro benzene ring substituents is 1. The number of nitro benzene ring substituents is 1. The number of aromatic amines is 1. The summed E-state index contributed by atoms with van der Waals surface area (Å²) in [5.74, 6) is -0.572. The Morgan fingerprint density at radius 1 is 1.17 bits per heavy atom. The summed E-state index contributed by atoms with van der Waals surface area (Å²) in [6, 6.07) is 9.27. The molecule has 0 saturated carbocycles. The van der Waals surface area contributed by atoms with Crippen LogP contribution in [0, 0.1) is 10.1 Å². The van der Waals surface area contributed by atoms with Crippen molar-refractivity contribution in [2.45, 2.75) is 6.42 Å². The summed E-state index contributed by atoms with van der Waals surface area (Å²) in [5, 5.41) is 21.2. The van der Waals surface area contributed by atoms with Crippen LogP contribution in [-0.2, 0) is 9.59 Å². The summed E-state index contributed by atoms with van der Waals surface area (Å²) >= 11 is 0. The number of nitrogens with zero attached hydrogens (tertiary/aromatic N) is 1. The fraction of sp³-hybridized carbons (Fsp3) is 0.0909. The van der Waals surface area contributed by atoms with E-state index in [4.69, 9.17) is 4.74 Å². The molecule has 0 amide bonds. The normalized spacial score (nSPS) is 11.4. The lowest BCUT2D eigenvalue weighted by Gasteiger charge is -2.03. The van der Waals surface area contributed by atoms with Gasteiger partial charge in [-0.3, -0.25) is 19.7 Å². The highest BCUT2D eigenvalue weighted by molar-refractivity contribution is 6.11. The van der Waals surface area contributed by atoms with Gasteiger partial charge in [-0.1, -0.05) is 18.2 Å². The molecule has 0 aliphatic heterocycles. The lowest BCUT2D eigenvalue weighted by Crippen LogP contribution is -2.01. The highest BCUT2D eigenvalue weighted by Crippen LogP contribution is 2.29. The molecule has 2 N–H and O–H groups in total. The second-order valence-electron chi connectivity index (χ2n) is 6.41. The minimum absolute atomic E-state index is 0.0150. The van der Waals surface area contributed by atoms with Crippen LogP contribution in [0.3, 0.4) is 0 Å². The fourth-order valence-corrected chi connectivity index (χ4v) is 2.93. The number of benzene rings is 2. The van der Waals surface area contributed by atoms with Crippen LogP contribution in [0.5, 0.6) is 11.5 Å². The molecular weight excluding hydrogens is 388 g/mol. The molecule has 0 radical (unpaired) electrons. The third kappa shape index (κ3) is 4.61. The summed E-state index contributed by atoms with van der Waals surface area (Å²) in [4.78, 5) is 37.8. The number of H-pyrrole nitrogens is 1.